The average molecular weight is 424 g/mol. The van der Waals surface area contributed by atoms with Crippen LogP contribution in [0.2, 0.25) is 5.02 Å². The molecule has 2 aromatic carbocycles. The van der Waals surface area contributed by atoms with Gasteiger partial charge in [0.25, 0.3) is 5.91 Å². The highest BCUT2D eigenvalue weighted by Crippen LogP contribution is 2.20. The third-order valence-corrected chi connectivity index (χ3v) is 5.51. The molecule has 0 saturated heterocycles. The van der Waals surface area contributed by atoms with E-state index in [1.54, 1.807) is 12.1 Å². The van der Waals surface area contributed by atoms with Gasteiger partial charge in [-0.3, -0.25) is 4.79 Å². The van der Waals surface area contributed by atoms with Crippen LogP contribution in [0.5, 0.6) is 0 Å². The lowest BCUT2D eigenvalue weighted by atomic mass is 10.2. The number of aromatic nitrogens is 2. The Labute approximate surface area is 177 Å². The smallest absolute Gasteiger partial charge is 0.264 e. The van der Waals surface area contributed by atoms with Gasteiger partial charge in [-0.05, 0) is 41.3 Å². The molecule has 29 heavy (non-hydrogen) atoms. The molecule has 4 rings (SSSR count). The van der Waals surface area contributed by atoms with E-state index in [2.05, 4.69) is 10.1 Å². The van der Waals surface area contributed by atoms with E-state index < -0.39 is 0 Å². The molecule has 0 aliphatic rings. The van der Waals surface area contributed by atoms with Crippen molar-refractivity contribution in [2.24, 2.45) is 0 Å². The quantitative estimate of drug-likeness (QED) is 0.402. The number of benzene rings is 2. The first kappa shape index (κ1) is 19.4. The molecule has 1 amide bonds. The van der Waals surface area contributed by atoms with Crippen molar-refractivity contribution < 1.29 is 9.32 Å². The van der Waals surface area contributed by atoms with Crippen LogP contribution >= 0.6 is 22.9 Å². The van der Waals surface area contributed by atoms with Crippen LogP contribution in [-0.4, -0.2) is 27.5 Å². The van der Waals surface area contributed by atoms with Gasteiger partial charge in [0, 0.05) is 30.1 Å². The van der Waals surface area contributed by atoms with E-state index in [-0.39, 0.29) is 5.91 Å². The van der Waals surface area contributed by atoms with Crippen molar-refractivity contribution in [3.63, 3.8) is 0 Å². The van der Waals surface area contributed by atoms with E-state index in [0.29, 0.717) is 41.1 Å². The third-order valence-electron chi connectivity index (χ3n) is 4.40. The van der Waals surface area contributed by atoms with E-state index >= 15 is 0 Å². The van der Waals surface area contributed by atoms with E-state index in [1.807, 2.05) is 64.9 Å². The molecule has 0 N–H and O–H groups in total. The number of thiophene rings is 1. The summed E-state index contributed by atoms with van der Waals surface area (Å²) in [6.45, 7) is 1.00. The Balaban J connectivity index is 1.47. The zero-order valence-electron chi connectivity index (χ0n) is 15.5. The molecule has 2 heterocycles. The lowest BCUT2D eigenvalue weighted by Gasteiger charge is -2.21. The molecule has 0 spiro atoms. The number of hydrogen-bond acceptors (Lipinski definition) is 5. The number of halogens is 1. The van der Waals surface area contributed by atoms with E-state index in [4.69, 9.17) is 16.1 Å². The second kappa shape index (κ2) is 9.03. The van der Waals surface area contributed by atoms with Crippen molar-refractivity contribution in [1.82, 2.24) is 15.0 Å². The summed E-state index contributed by atoms with van der Waals surface area (Å²) in [6.07, 6.45) is 0.477. The minimum absolute atomic E-state index is 0.00120. The van der Waals surface area contributed by atoms with Crippen LogP contribution in [0, 0.1) is 0 Å². The number of amides is 1. The van der Waals surface area contributed by atoms with Gasteiger partial charge in [-0.2, -0.15) is 4.98 Å². The van der Waals surface area contributed by atoms with Crippen molar-refractivity contribution in [2.45, 2.75) is 13.0 Å². The summed E-state index contributed by atoms with van der Waals surface area (Å²) in [4.78, 5) is 19.9. The highest BCUT2D eigenvalue weighted by molar-refractivity contribution is 7.12. The number of carbonyl (C=O) groups is 1. The van der Waals surface area contributed by atoms with Crippen molar-refractivity contribution >= 4 is 28.8 Å². The molecule has 5 nitrogen and oxygen atoms in total. The van der Waals surface area contributed by atoms with Gasteiger partial charge in [0.1, 0.15) is 0 Å². The fourth-order valence-electron chi connectivity index (χ4n) is 2.92. The standard InChI is InChI=1S/C22H18ClN3O2S/c23-18-10-8-17(9-11-18)21-24-20(28-25-21)12-13-26(15-16-5-2-1-3-6-16)22(27)19-7-4-14-29-19/h1-11,14H,12-13,15H2. The van der Waals surface area contributed by atoms with E-state index in [0.717, 1.165) is 11.1 Å². The highest BCUT2D eigenvalue weighted by Gasteiger charge is 2.18. The normalized spacial score (nSPS) is 10.8. The Morgan fingerprint density at radius 2 is 1.83 bits per heavy atom. The Hall–Kier alpha value is -2.96. The fraction of sp³-hybridized carbons (Fsp3) is 0.136. The molecule has 0 bridgehead atoms. The average Bonchev–Trinajstić information content (AvgIpc) is 3.44. The Morgan fingerprint density at radius 1 is 1.03 bits per heavy atom. The number of nitrogens with zero attached hydrogens (tertiary/aromatic N) is 3. The van der Waals surface area contributed by atoms with Crippen molar-refractivity contribution in [1.29, 1.82) is 0 Å². The molecule has 0 unspecified atom stereocenters. The Bertz CT molecular complexity index is 1060. The molecule has 0 radical (unpaired) electrons. The first-order chi connectivity index (χ1) is 14.2. The molecule has 4 aromatic rings. The summed E-state index contributed by atoms with van der Waals surface area (Å²) in [5, 5.41) is 6.60. The Morgan fingerprint density at radius 3 is 2.55 bits per heavy atom. The summed E-state index contributed by atoms with van der Waals surface area (Å²) < 4.78 is 5.39. The van der Waals surface area contributed by atoms with Gasteiger partial charge < -0.3 is 9.42 Å². The van der Waals surface area contributed by atoms with E-state index in [9.17, 15) is 4.79 Å². The van der Waals surface area contributed by atoms with Gasteiger partial charge in [-0.1, -0.05) is 53.2 Å². The topological polar surface area (TPSA) is 59.2 Å². The van der Waals surface area contributed by atoms with Crippen molar-refractivity contribution in [3.05, 3.63) is 93.5 Å². The number of hydrogen-bond donors (Lipinski definition) is 0. The summed E-state index contributed by atoms with van der Waals surface area (Å²) in [5.74, 6) is 1.00. The lowest BCUT2D eigenvalue weighted by molar-refractivity contribution is 0.0746. The number of rotatable bonds is 7. The maximum Gasteiger partial charge on any atom is 0.264 e. The zero-order valence-corrected chi connectivity index (χ0v) is 17.1. The summed E-state index contributed by atoms with van der Waals surface area (Å²) in [5.41, 5.74) is 1.91. The zero-order chi connectivity index (χ0) is 20.1. The van der Waals surface area contributed by atoms with Crippen LogP contribution in [0.1, 0.15) is 21.1 Å². The van der Waals surface area contributed by atoms with Gasteiger partial charge in [0.2, 0.25) is 11.7 Å². The monoisotopic (exact) mass is 423 g/mol. The third kappa shape index (κ3) is 4.91. The van der Waals surface area contributed by atoms with Crippen molar-refractivity contribution in [2.75, 3.05) is 6.54 Å². The molecule has 2 aromatic heterocycles. The molecule has 0 atom stereocenters. The highest BCUT2D eigenvalue weighted by atomic mass is 35.5. The minimum atomic E-state index is 0.00120. The predicted molar refractivity (Wildman–Crippen MR) is 114 cm³/mol. The minimum Gasteiger partial charge on any atom is -0.339 e. The second-order valence-corrected chi connectivity index (χ2v) is 7.84. The largest absolute Gasteiger partial charge is 0.339 e. The van der Waals surface area contributed by atoms with Crippen LogP contribution in [0.25, 0.3) is 11.4 Å². The molecule has 0 saturated carbocycles. The maximum absolute atomic E-state index is 12.9. The first-order valence-electron chi connectivity index (χ1n) is 9.14. The first-order valence-corrected chi connectivity index (χ1v) is 10.4. The van der Waals surface area contributed by atoms with Crippen LogP contribution in [0.3, 0.4) is 0 Å². The molecular weight excluding hydrogens is 406 g/mol. The SMILES string of the molecule is O=C(c1cccs1)N(CCc1nc(-c2ccc(Cl)cc2)no1)Cc1ccccc1. The van der Waals surface area contributed by atoms with Gasteiger partial charge in [0.05, 0.1) is 4.88 Å². The van der Waals surface area contributed by atoms with Crippen LogP contribution in [0.4, 0.5) is 0 Å². The molecule has 7 heteroatoms. The van der Waals surface area contributed by atoms with Crippen LogP contribution in [-0.2, 0) is 13.0 Å². The van der Waals surface area contributed by atoms with Crippen LogP contribution in [0.15, 0.2) is 76.6 Å². The fourth-order valence-corrected chi connectivity index (χ4v) is 3.73. The molecular formula is C22H18ClN3O2S. The number of carbonyl (C=O) groups excluding carboxylic acids is 1. The van der Waals surface area contributed by atoms with Gasteiger partial charge in [0.15, 0.2) is 0 Å². The maximum atomic E-state index is 12.9. The predicted octanol–water partition coefficient (Wildman–Crippen LogP) is 5.34. The van der Waals surface area contributed by atoms with Gasteiger partial charge in [-0.15, -0.1) is 11.3 Å². The Kier molecular flexibility index (Phi) is 6.03. The molecule has 146 valence electrons. The second-order valence-electron chi connectivity index (χ2n) is 6.46. The summed E-state index contributed by atoms with van der Waals surface area (Å²) >= 11 is 7.37. The van der Waals surface area contributed by atoms with Gasteiger partial charge in [-0.25, -0.2) is 0 Å². The van der Waals surface area contributed by atoms with Gasteiger partial charge >= 0.3 is 0 Å². The summed E-state index contributed by atoms with van der Waals surface area (Å²) in [7, 11) is 0. The van der Waals surface area contributed by atoms with Crippen molar-refractivity contribution in [3.8, 4) is 11.4 Å². The van der Waals surface area contributed by atoms with Crippen LogP contribution < -0.4 is 0 Å². The summed E-state index contributed by atoms with van der Waals surface area (Å²) in [6, 6.07) is 20.9. The van der Waals surface area contributed by atoms with E-state index in [1.165, 1.54) is 11.3 Å². The molecule has 0 fully saturated rings. The molecule has 0 aliphatic carbocycles. The molecule has 0 aliphatic heterocycles. The lowest BCUT2D eigenvalue weighted by Crippen LogP contribution is -2.32.